The molecule has 1 aliphatic carbocycles. The van der Waals surface area contributed by atoms with E-state index in [1.165, 1.54) is 31.2 Å². The molecule has 2 fully saturated rings. The van der Waals surface area contributed by atoms with Crippen LogP contribution in [0.1, 0.15) is 31.2 Å². The van der Waals surface area contributed by atoms with Gasteiger partial charge in [0, 0.05) is 12.7 Å². The van der Waals surface area contributed by atoms with Crippen molar-refractivity contribution >= 4 is 11.6 Å². The molecular formula is C17H24N2O. The Hall–Kier alpha value is -1.35. The van der Waals surface area contributed by atoms with Crippen LogP contribution in [0.3, 0.4) is 0 Å². The summed E-state index contributed by atoms with van der Waals surface area (Å²) < 4.78 is 0. The zero-order chi connectivity index (χ0) is 14.1. The zero-order valence-electron chi connectivity index (χ0n) is 12.4. The molecule has 0 radical (unpaired) electrons. The fraction of sp³-hybridized carbons (Fsp3) is 0.588. The summed E-state index contributed by atoms with van der Waals surface area (Å²) in [7, 11) is 1.90. The first-order chi connectivity index (χ1) is 9.66. The van der Waals surface area contributed by atoms with E-state index in [9.17, 15) is 4.79 Å². The molecule has 1 N–H and O–H groups in total. The molecule has 2 aliphatic rings. The highest BCUT2D eigenvalue weighted by molar-refractivity contribution is 5.97. The van der Waals surface area contributed by atoms with E-state index in [2.05, 4.69) is 24.4 Å². The lowest BCUT2D eigenvalue weighted by Gasteiger charge is -2.30. The Morgan fingerprint density at radius 3 is 2.90 bits per heavy atom. The smallest absolute Gasteiger partial charge is 0.244 e. The van der Waals surface area contributed by atoms with E-state index in [0.29, 0.717) is 11.8 Å². The van der Waals surface area contributed by atoms with E-state index < -0.39 is 0 Å². The molecule has 1 saturated carbocycles. The number of rotatable bonds is 2. The first-order valence-corrected chi connectivity index (χ1v) is 7.74. The van der Waals surface area contributed by atoms with Crippen LogP contribution in [-0.4, -0.2) is 25.5 Å². The minimum atomic E-state index is 0.0193. The van der Waals surface area contributed by atoms with Crippen molar-refractivity contribution in [3.05, 3.63) is 29.8 Å². The lowest BCUT2D eigenvalue weighted by Crippen LogP contribution is -2.45. The minimum absolute atomic E-state index is 0.0193. The lowest BCUT2D eigenvalue weighted by molar-refractivity contribution is -0.121. The van der Waals surface area contributed by atoms with Gasteiger partial charge < -0.3 is 10.2 Å². The van der Waals surface area contributed by atoms with Crippen molar-refractivity contribution in [2.24, 2.45) is 11.8 Å². The number of likely N-dealkylation sites (N-methyl/N-ethyl adjacent to an activating group) is 1. The molecule has 3 nitrogen and oxygen atoms in total. The normalized spacial score (nSPS) is 29.0. The lowest BCUT2D eigenvalue weighted by atomic mass is 9.78. The van der Waals surface area contributed by atoms with Gasteiger partial charge in [0.25, 0.3) is 0 Å². The third-order valence-corrected chi connectivity index (χ3v) is 4.98. The van der Waals surface area contributed by atoms with E-state index in [-0.39, 0.29) is 11.9 Å². The maximum absolute atomic E-state index is 12.8. The van der Waals surface area contributed by atoms with Crippen LogP contribution in [0.15, 0.2) is 24.3 Å². The molecule has 0 spiro atoms. The molecule has 20 heavy (non-hydrogen) atoms. The Labute approximate surface area is 121 Å². The Kier molecular flexibility index (Phi) is 3.79. The summed E-state index contributed by atoms with van der Waals surface area (Å²) >= 11 is 0. The predicted octanol–water partition coefficient (Wildman–Crippen LogP) is 2.74. The van der Waals surface area contributed by atoms with E-state index in [4.69, 9.17) is 0 Å². The van der Waals surface area contributed by atoms with Crippen molar-refractivity contribution < 1.29 is 4.79 Å². The summed E-state index contributed by atoms with van der Waals surface area (Å²) in [5.41, 5.74) is 2.19. The van der Waals surface area contributed by atoms with Gasteiger partial charge in [-0.25, -0.2) is 0 Å². The molecule has 0 unspecified atom stereocenters. The molecule has 3 atom stereocenters. The van der Waals surface area contributed by atoms with Gasteiger partial charge in [-0.15, -0.1) is 0 Å². The highest BCUT2D eigenvalue weighted by atomic mass is 16.2. The van der Waals surface area contributed by atoms with E-state index in [0.717, 1.165) is 12.2 Å². The first kappa shape index (κ1) is 13.6. The Bertz CT molecular complexity index is 500. The molecule has 1 aromatic rings. The second kappa shape index (κ2) is 5.57. The van der Waals surface area contributed by atoms with Crippen LogP contribution in [0.5, 0.6) is 0 Å². The molecule has 0 bridgehead atoms. The van der Waals surface area contributed by atoms with Crippen molar-refractivity contribution in [1.82, 2.24) is 5.32 Å². The number of anilines is 1. The molecular weight excluding hydrogens is 248 g/mol. The number of amides is 1. The number of hydrogen-bond donors (Lipinski definition) is 1. The zero-order valence-corrected chi connectivity index (χ0v) is 12.4. The van der Waals surface area contributed by atoms with Crippen molar-refractivity contribution in [2.45, 2.75) is 38.6 Å². The molecule has 3 rings (SSSR count). The van der Waals surface area contributed by atoms with Gasteiger partial charge in [-0.2, -0.15) is 0 Å². The number of aryl methyl sites for hydroxylation is 1. The number of nitrogens with one attached hydrogen (secondary N) is 1. The number of nitrogens with zero attached hydrogens (tertiary/aromatic N) is 1. The summed E-state index contributed by atoms with van der Waals surface area (Å²) in [6, 6.07) is 8.18. The van der Waals surface area contributed by atoms with E-state index in [1.807, 2.05) is 24.1 Å². The number of fused-ring (bicyclic) bond motifs is 1. The molecule has 1 aromatic carbocycles. The highest BCUT2D eigenvalue weighted by Gasteiger charge is 2.41. The molecule has 1 aliphatic heterocycles. The Balaban J connectivity index is 1.75. The molecule has 3 heteroatoms. The Morgan fingerprint density at radius 1 is 1.30 bits per heavy atom. The van der Waals surface area contributed by atoms with Gasteiger partial charge in [-0.1, -0.05) is 25.0 Å². The maximum atomic E-state index is 12.8. The van der Waals surface area contributed by atoms with Gasteiger partial charge in [0.1, 0.15) is 0 Å². The number of hydrogen-bond acceptors (Lipinski definition) is 2. The Morgan fingerprint density at radius 2 is 2.10 bits per heavy atom. The van der Waals surface area contributed by atoms with Crippen LogP contribution in [-0.2, 0) is 4.79 Å². The van der Waals surface area contributed by atoms with Gasteiger partial charge in [-0.3, -0.25) is 4.79 Å². The maximum Gasteiger partial charge on any atom is 0.244 e. The summed E-state index contributed by atoms with van der Waals surface area (Å²) in [6.07, 6.45) is 5.10. The fourth-order valence-corrected chi connectivity index (χ4v) is 3.80. The summed E-state index contributed by atoms with van der Waals surface area (Å²) in [4.78, 5) is 14.6. The van der Waals surface area contributed by atoms with E-state index in [1.54, 1.807) is 0 Å². The highest BCUT2D eigenvalue weighted by Crippen LogP contribution is 2.36. The topological polar surface area (TPSA) is 32.3 Å². The van der Waals surface area contributed by atoms with Crippen LogP contribution in [0.4, 0.5) is 5.69 Å². The second-order valence-electron chi connectivity index (χ2n) is 6.33. The average molecular weight is 272 g/mol. The summed E-state index contributed by atoms with van der Waals surface area (Å²) in [6.45, 7) is 3.08. The van der Waals surface area contributed by atoms with Gasteiger partial charge in [0.15, 0.2) is 0 Å². The second-order valence-corrected chi connectivity index (χ2v) is 6.33. The van der Waals surface area contributed by atoms with Crippen LogP contribution in [0, 0.1) is 18.8 Å². The van der Waals surface area contributed by atoms with Crippen molar-refractivity contribution in [3.8, 4) is 0 Å². The van der Waals surface area contributed by atoms with Crippen molar-refractivity contribution in [1.29, 1.82) is 0 Å². The molecule has 108 valence electrons. The number of carbonyl (C=O) groups is 1. The van der Waals surface area contributed by atoms with Gasteiger partial charge in [-0.05, 0) is 55.8 Å². The van der Waals surface area contributed by atoms with Crippen LogP contribution in [0.2, 0.25) is 0 Å². The SMILES string of the molecule is Cc1cccc(N(C)C(=O)[C@H]2NC[C@H]3CCCC[C@H]32)c1. The largest absolute Gasteiger partial charge is 0.314 e. The monoisotopic (exact) mass is 272 g/mol. The third-order valence-electron chi connectivity index (χ3n) is 4.98. The van der Waals surface area contributed by atoms with Crippen LogP contribution in [0.25, 0.3) is 0 Å². The molecule has 1 heterocycles. The van der Waals surface area contributed by atoms with Crippen LogP contribution < -0.4 is 10.2 Å². The van der Waals surface area contributed by atoms with Gasteiger partial charge in [0.05, 0.1) is 6.04 Å². The summed E-state index contributed by atoms with van der Waals surface area (Å²) in [5.74, 6) is 1.48. The number of benzene rings is 1. The quantitative estimate of drug-likeness (QED) is 0.898. The van der Waals surface area contributed by atoms with Crippen LogP contribution >= 0.6 is 0 Å². The van der Waals surface area contributed by atoms with Crippen molar-refractivity contribution in [2.75, 3.05) is 18.5 Å². The minimum Gasteiger partial charge on any atom is -0.314 e. The third kappa shape index (κ3) is 2.47. The van der Waals surface area contributed by atoms with Gasteiger partial charge >= 0.3 is 0 Å². The van der Waals surface area contributed by atoms with Gasteiger partial charge in [0.2, 0.25) is 5.91 Å². The number of carbonyl (C=O) groups excluding carboxylic acids is 1. The molecule has 1 saturated heterocycles. The molecule has 0 aromatic heterocycles. The predicted molar refractivity (Wildman–Crippen MR) is 81.8 cm³/mol. The fourth-order valence-electron chi connectivity index (χ4n) is 3.80. The molecule has 1 amide bonds. The first-order valence-electron chi connectivity index (χ1n) is 7.74. The average Bonchev–Trinajstić information content (AvgIpc) is 2.89. The van der Waals surface area contributed by atoms with Crippen molar-refractivity contribution in [3.63, 3.8) is 0 Å². The standard InChI is InChI=1S/C17H24N2O/c1-12-6-5-8-14(10-12)19(2)17(20)16-15-9-4-3-7-13(15)11-18-16/h5-6,8,10,13,15-16,18H,3-4,7,9,11H2,1-2H3/t13-,15-,16+/m1/s1. The summed E-state index contributed by atoms with van der Waals surface area (Å²) in [5, 5.41) is 3.47. The van der Waals surface area contributed by atoms with E-state index >= 15 is 0 Å².